The molecule has 0 radical (unpaired) electrons. The summed E-state index contributed by atoms with van der Waals surface area (Å²) in [7, 11) is -4.09. The topological polar surface area (TPSA) is 132 Å². The molecule has 1 aliphatic heterocycles. The van der Waals surface area contributed by atoms with Gasteiger partial charge in [-0.05, 0) is 13.3 Å². The molecule has 2 aromatic rings. The summed E-state index contributed by atoms with van der Waals surface area (Å²) in [5.41, 5.74) is 0.0499. The SMILES string of the molecule is Cc1cn(CC(F)(F)F)nc1Nc1nc(C(=O)NS(=O)(=O)N2CCCOCC2)co1. The smallest absolute Gasteiger partial charge is 0.408 e. The molecule has 166 valence electrons. The van der Waals surface area contributed by atoms with E-state index in [1.165, 1.54) is 13.1 Å². The Bertz CT molecular complexity index is 995. The summed E-state index contributed by atoms with van der Waals surface area (Å²) in [6, 6.07) is -0.235. The molecule has 1 saturated heterocycles. The number of carbonyl (C=O) groups excluding carboxylic acids is 1. The van der Waals surface area contributed by atoms with E-state index in [0.29, 0.717) is 23.3 Å². The summed E-state index contributed by atoms with van der Waals surface area (Å²) in [6.45, 7) is 1.20. The Morgan fingerprint density at radius 3 is 2.80 bits per heavy atom. The maximum absolute atomic E-state index is 12.5. The first-order valence-corrected chi connectivity index (χ1v) is 10.2. The van der Waals surface area contributed by atoms with Crippen molar-refractivity contribution in [3.8, 4) is 0 Å². The predicted molar refractivity (Wildman–Crippen MR) is 96.2 cm³/mol. The molecule has 0 unspecified atom stereocenters. The molecule has 30 heavy (non-hydrogen) atoms. The van der Waals surface area contributed by atoms with Gasteiger partial charge in [0.25, 0.3) is 5.91 Å². The fourth-order valence-corrected chi connectivity index (χ4v) is 3.80. The van der Waals surface area contributed by atoms with Crippen LogP contribution in [-0.4, -0.2) is 65.9 Å². The molecule has 3 rings (SSSR count). The van der Waals surface area contributed by atoms with Crippen molar-refractivity contribution in [3.63, 3.8) is 0 Å². The van der Waals surface area contributed by atoms with Crippen molar-refractivity contribution < 1.29 is 35.5 Å². The third-order valence-electron chi connectivity index (χ3n) is 3.99. The van der Waals surface area contributed by atoms with Crippen LogP contribution in [0.3, 0.4) is 0 Å². The molecular weight excluding hydrogens is 433 g/mol. The average Bonchev–Trinajstić information content (AvgIpc) is 3.09. The molecule has 1 fully saturated rings. The van der Waals surface area contributed by atoms with Gasteiger partial charge in [0.15, 0.2) is 11.5 Å². The third-order valence-corrected chi connectivity index (χ3v) is 5.48. The first-order chi connectivity index (χ1) is 14.0. The van der Waals surface area contributed by atoms with E-state index in [1.54, 1.807) is 0 Å². The van der Waals surface area contributed by atoms with Crippen molar-refractivity contribution in [2.75, 3.05) is 31.6 Å². The van der Waals surface area contributed by atoms with Crippen LogP contribution in [0.5, 0.6) is 0 Å². The Balaban J connectivity index is 1.65. The maximum Gasteiger partial charge on any atom is 0.408 e. The zero-order valence-corrected chi connectivity index (χ0v) is 16.6. The second kappa shape index (κ2) is 8.61. The predicted octanol–water partition coefficient (Wildman–Crippen LogP) is 1.18. The van der Waals surface area contributed by atoms with E-state index in [4.69, 9.17) is 9.15 Å². The highest BCUT2D eigenvalue weighted by Crippen LogP contribution is 2.22. The van der Waals surface area contributed by atoms with Crippen LogP contribution in [0.4, 0.5) is 25.0 Å². The second-order valence-corrected chi connectivity index (χ2v) is 8.11. The first-order valence-electron chi connectivity index (χ1n) is 8.77. The summed E-state index contributed by atoms with van der Waals surface area (Å²) in [6.07, 6.45) is -1.84. The van der Waals surface area contributed by atoms with Gasteiger partial charge in [0.1, 0.15) is 12.8 Å². The first kappa shape index (κ1) is 22.0. The number of aromatic nitrogens is 3. The number of amides is 1. The minimum atomic E-state index is -4.44. The molecule has 15 heteroatoms. The van der Waals surface area contributed by atoms with Gasteiger partial charge in [0.05, 0.1) is 6.61 Å². The van der Waals surface area contributed by atoms with Gasteiger partial charge in [-0.15, -0.1) is 0 Å². The van der Waals surface area contributed by atoms with E-state index in [-0.39, 0.29) is 37.2 Å². The van der Waals surface area contributed by atoms with E-state index in [0.717, 1.165) is 10.6 Å². The van der Waals surface area contributed by atoms with Gasteiger partial charge in [-0.3, -0.25) is 14.8 Å². The molecule has 2 N–H and O–H groups in total. The highest BCUT2D eigenvalue weighted by atomic mass is 32.2. The van der Waals surface area contributed by atoms with Crippen LogP contribution in [0.15, 0.2) is 16.9 Å². The highest BCUT2D eigenvalue weighted by Gasteiger charge is 2.29. The molecule has 0 spiro atoms. The fraction of sp³-hybridized carbons (Fsp3) is 0.533. The normalized spacial score (nSPS) is 16.3. The number of nitrogens with one attached hydrogen (secondary N) is 2. The van der Waals surface area contributed by atoms with Gasteiger partial charge in [-0.2, -0.15) is 36.0 Å². The minimum absolute atomic E-state index is 0.0465. The molecule has 1 amide bonds. The highest BCUT2D eigenvalue weighted by molar-refractivity contribution is 7.87. The van der Waals surface area contributed by atoms with E-state index in [9.17, 15) is 26.4 Å². The Morgan fingerprint density at radius 1 is 1.30 bits per heavy atom. The van der Waals surface area contributed by atoms with Crippen LogP contribution in [0, 0.1) is 6.92 Å². The Labute approximate surface area is 169 Å². The molecule has 11 nitrogen and oxygen atoms in total. The van der Waals surface area contributed by atoms with Crippen LogP contribution in [-0.2, 0) is 21.5 Å². The molecule has 0 saturated carbocycles. The van der Waals surface area contributed by atoms with Crippen molar-refractivity contribution in [2.45, 2.75) is 26.1 Å². The second-order valence-electron chi connectivity index (χ2n) is 6.44. The van der Waals surface area contributed by atoms with Crippen LogP contribution >= 0.6 is 0 Å². The van der Waals surface area contributed by atoms with Gasteiger partial charge < -0.3 is 9.15 Å². The van der Waals surface area contributed by atoms with Crippen molar-refractivity contribution in [1.29, 1.82) is 0 Å². The van der Waals surface area contributed by atoms with E-state index < -0.39 is 28.8 Å². The summed E-state index contributed by atoms with van der Waals surface area (Å²) in [4.78, 5) is 16.0. The van der Waals surface area contributed by atoms with Crippen LogP contribution in [0.1, 0.15) is 22.5 Å². The number of aryl methyl sites for hydroxylation is 1. The monoisotopic (exact) mass is 452 g/mol. The zero-order valence-electron chi connectivity index (χ0n) is 15.8. The van der Waals surface area contributed by atoms with Crippen LogP contribution in [0.25, 0.3) is 0 Å². The zero-order chi connectivity index (χ0) is 21.9. The number of nitrogens with zero attached hydrogens (tertiary/aromatic N) is 4. The molecule has 3 heterocycles. The molecule has 1 aliphatic rings. The standard InChI is InChI=1S/C15H19F3N6O5S/c1-10-7-23(9-15(16,17)18)21-12(10)20-14-19-11(8-29-14)13(25)22-30(26,27)24-3-2-5-28-6-4-24/h7-8H,2-6,9H2,1H3,(H,22,25)(H,19,20,21). The van der Waals surface area contributed by atoms with Crippen LogP contribution < -0.4 is 10.0 Å². The lowest BCUT2D eigenvalue weighted by atomic mass is 10.4. The Hall–Kier alpha value is -2.65. The van der Waals surface area contributed by atoms with Crippen molar-refractivity contribution in [2.24, 2.45) is 0 Å². The number of halogens is 3. The lowest BCUT2D eigenvalue weighted by Gasteiger charge is -2.18. The van der Waals surface area contributed by atoms with Crippen LogP contribution in [0.2, 0.25) is 0 Å². The molecule has 0 aliphatic carbocycles. The quantitative estimate of drug-likeness (QED) is 0.668. The summed E-state index contributed by atoms with van der Waals surface area (Å²) < 4.78 is 76.0. The number of hydrogen-bond donors (Lipinski definition) is 2. The Morgan fingerprint density at radius 2 is 2.07 bits per heavy atom. The number of oxazole rings is 1. The van der Waals surface area contributed by atoms with Gasteiger partial charge in [0.2, 0.25) is 0 Å². The third kappa shape index (κ3) is 5.70. The number of ether oxygens (including phenoxy) is 1. The van der Waals surface area contributed by atoms with Gasteiger partial charge in [-0.1, -0.05) is 0 Å². The number of hydrogen-bond acceptors (Lipinski definition) is 8. The largest absolute Gasteiger partial charge is 0.431 e. The number of carbonyl (C=O) groups is 1. The summed E-state index contributed by atoms with van der Waals surface area (Å²) >= 11 is 0. The Kier molecular flexibility index (Phi) is 6.33. The molecule has 2 aromatic heterocycles. The lowest BCUT2D eigenvalue weighted by molar-refractivity contribution is -0.142. The van der Waals surface area contributed by atoms with Gasteiger partial charge in [-0.25, -0.2) is 4.72 Å². The van der Waals surface area contributed by atoms with Crippen molar-refractivity contribution in [1.82, 2.24) is 23.8 Å². The molecular formula is C15H19F3N6O5S. The maximum atomic E-state index is 12.5. The molecule has 0 aromatic carbocycles. The van der Waals surface area contributed by atoms with E-state index in [2.05, 4.69) is 15.4 Å². The molecule has 0 bridgehead atoms. The molecule has 0 atom stereocenters. The fourth-order valence-electron chi connectivity index (χ4n) is 2.64. The van der Waals surface area contributed by atoms with Crippen molar-refractivity contribution in [3.05, 3.63) is 23.7 Å². The summed E-state index contributed by atoms with van der Waals surface area (Å²) in [5, 5.41) is 6.30. The summed E-state index contributed by atoms with van der Waals surface area (Å²) in [5.74, 6) is -0.971. The van der Waals surface area contributed by atoms with Gasteiger partial charge in [0, 0.05) is 31.5 Å². The minimum Gasteiger partial charge on any atom is -0.431 e. The van der Waals surface area contributed by atoms with E-state index >= 15 is 0 Å². The van der Waals surface area contributed by atoms with E-state index in [1.807, 2.05) is 4.72 Å². The number of rotatable bonds is 6. The number of alkyl halides is 3. The van der Waals surface area contributed by atoms with Crippen molar-refractivity contribution >= 4 is 27.9 Å². The number of anilines is 2. The average molecular weight is 452 g/mol. The van der Waals surface area contributed by atoms with Gasteiger partial charge >= 0.3 is 22.4 Å². The lowest BCUT2D eigenvalue weighted by Crippen LogP contribution is -2.44.